The Morgan fingerprint density at radius 1 is 1.33 bits per heavy atom. The van der Waals surface area contributed by atoms with Crippen LogP contribution in [0.5, 0.6) is 5.75 Å². The predicted molar refractivity (Wildman–Crippen MR) is 80.5 cm³/mol. The summed E-state index contributed by atoms with van der Waals surface area (Å²) in [5, 5.41) is 8.15. The molecule has 1 amide bonds. The lowest BCUT2D eigenvalue weighted by atomic mass is 10.0. The monoisotopic (exact) mass is 286 g/mol. The number of hydrogen-bond donors (Lipinski definition) is 2. The standard InChI is InChI=1S/C16H18N2O3/c1-17-9-14-13-5-3-2-4-11(13)6-7-15(14)20-10-12-8-18-16(19)21-12/h2-7,12,17H,8-10H2,1H3,(H,18,19). The first-order valence-electron chi connectivity index (χ1n) is 7.00. The zero-order chi connectivity index (χ0) is 14.7. The Morgan fingerprint density at radius 3 is 2.95 bits per heavy atom. The highest BCUT2D eigenvalue weighted by Crippen LogP contribution is 2.28. The van der Waals surface area contributed by atoms with Crippen molar-refractivity contribution in [2.75, 3.05) is 20.2 Å². The molecule has 1 saturated heterocycles. The van der Waals surface area contributed by atoms with Crippen molar-refractivity contribution in [2.45, 2.75) is 12.6 Å². The number of rotatable bonds is 5. The molecule has 5 nitrogen and oxygen atoms in total. The molecule has 1 fully saturated rings. The maximum atomic E-state index is 11.0. The van der Waals surface area contributed by atoms with Crippen molar-refractivity contribution in [2.24, 2.45) is 0 Å². The zero-order valence-corrected chi connectivity index (χ0v) is 11.9. The Kier molecular flexibility index (Phi) is 3.92. The molecule has 0 aliphatic carbocycles. The number of cyclic esters (lactones) is 1. The lowest BCUT2D eigenvalue weighted by molar-refractivity contribution is 0.104. The molecule has 2 N–H and O–H groups in total. The number of benzene rings is 2. The van der Waals surface area contributed by atoms with Gasteiger partial charge in [-0.3, -0.25) is 0 Å². The van der Waals surface area contributed by atoms with Gasteiger partial charge in [-0.25, -0.2) is 4.79 Å². The summed E-state index contributed by atoms with van der Waals surface area (Å²) in [7, 11) is 1.91. The largest absolute Gasteiger partial charge is 0.489 e. The van der Waals surface area contributed by atoms with Gasteiger partial charge in [-0.15, -0.1) is 0 Å². The molecule has 0 spiro atoms. The molecule has 1 atom stereocenters. The van der Waals surface area contributed by atoms with Gasteiger partial charge in [0.15, 0.2) is 6.10 Å². The van der Waals surface area contributed by atoms with Gasteiger partial charge < -0.3 is 20.1 Å². The number of amides is 1. The first-order valence-corrected chi connectivity index (χ1v) is 7.00. The van der Waals surface area contributed by atoms with Crippen LogP contribution >= 0.6 is 0 Å². The van der Waals surface area contributed by atoms with Crippen LogP contribution < -0.4 is 15.4 Å². The van der Waals surface area contributed by atoms with E-state index in [1.807, 2.05) is 31.3 Å². The summed E-state index contributed by atoms with van der Waals surface area (Å²) >= 11 is 0. The van der Waals surface area contributed by atoms with Crippen LogP contribution in [0, 0.1) is 0 Å². The van der Waals surface area contributed by atoms with E-state index in [4.69, 9.17) is 9.47 Å². The highest BCUT2D eigenvalue weighted by molar-refractivity contribution is 5.87. The van der Waals surface area contributed by atoms with Crippen molar-refractivity contribution in [3.05, 3.63) is 42.0 Å². The van der Waals surface area contributed by atoms with Gasteiger partial charge in [-0.2, -0.15) is 0 Å². The van der Waals surface area contributed by atoms with E-state index in [1.54, 1.807) is 0 Å². The van der Waals surface area contributed by atoms with Gasteiger partial charge in [0.05, 0.1) is 6.54 Å². The molecule has 1 unspecified atom stereocenters. The molecule has 3 rings (SSSR count). The Bertz CT molecular complexity index is 657. The molecule has 1 heterocycles. The van der Waals surface area contributed by atoms with Crippen molar-refractivity contribution in [3.63, 3.8) is 0 Å². The highest BCUT2D eigenvalue weighted by Gasteiger charge is 2.23. The normalized spacial score (nSPS) is 17.6. The third-order valence-electron chi connectivity index (χ3n) is 3.52. The smallest absolute Gasteiger partial charge is 0.407 e. The molecule has 0 aromatic heterocycles. The van der Waals surface area contributed by atoms with Gasteiger partial charge in [0.2, 0.25) is 0 Å². The van der Waals surface area contributed by atoms with E-state index in [0.717, 1.165) is 17.9 Å². The minimum Gasteiger partial charge on any atom is -0.489 e. The average molecular weight is 286 g/mol. The van der Waals surface area contributed by atoms with Crippen LogP contribution in [0.1, 0.15) is 5.56 Å². The summed E-state index contributed by atoms with van der Waals surface area (Å²) in [5.41, 5.74) is 1.12. The lowest BCUT2D eigenvalue weighted by Crippen LogP contribution is -2.22. The average Bonchev–Trinajstić information content (AvgIpc) is 2.92. The predicted octanol–water partition coefficient (Wildman–Crippen LogP) is 2.05. The summed E-state index contributed by atoms with van der Waals surface area (Å²) in [4.78, 5) is 11.0. The van der Waals surface area contributed by atoms with E-state index in [2.05, 4.69) is 22.8 Å². The molecule has 2 aromatic carbocycles. The lowest BCUT2D eigenvalue weighted by Gasteiger charge is -2.16. The fourth-order valence-electron chi connectivity index (χ4n) is 2.52. The number of alkyl carbamates (subject to hydrolysis) is 1. The van der Waals surface area contributed by atoms with E-state index >= 15 is 0 Å². The maximum Gasteiger partial charge on any atom is 0.407 e. The number of nitrogens with one attached hydrogen (secondary N) is 2. The number of carbonyl (C=O) groups is 1. The molecular formula is C16H18N2O3. The van der Waals surface area contributed by atoms with Crippen LogP contribution in [0.4, 0.5) is 4.79 Å². The van der Waals surface area contributed by atoms with Gasteiger partial charge >= 0.3 is 6.09 Å². The number of ether oxygens (including phenoxy) is 2. The van der Waals surface area contributed by atoms with E-state index in [9.17, 15) is 4.79 Å². The summed E-state index contributed by atoms with van der Waals surface area (Å²) < 4.78 is 11.0. The van der Waals surface area contributed by atoms with Crippen LogP contribution in [-0.4, -0.2) is 32.4 Å². The number of hydrogen-bond acceptors (Lipinski definition) is 4. The minimum atomic E-state index is -0.377. The minimum absolute atomic E-state index is 0.230. The quantitative estimate of drug-likeness (QED) is 0.883. The van der Waals surface area contributed by atoms with Crippen LogP contribution in [0.25, 0.3) is 10.8 Å². The molecule has 0 radical (unpaired) electrons. The Hall–Kier alpha value is -2.27. The summed E-state index contributed by atoms with van der Waals surface area (Å²) in [5.74, 6) is 0.825. The van der Waals surface area contributed by atoms with Crippen LogP contribution in [0.2, 0.25) is 0 Å². The van der Waals surface area contributed by atoms with Crippen molar-refractivity contribution in [1.82, 2.24) is 10.6 Å². The van der Waals surface area contributed by atoms with Crippen molar-refractivity contribution < 1.29 is 14.3 Å². The summed E-state index contributed by atoms with van der Waals surface area (Å²) in [6.07, 6.45) is -0.607. The van der Waals surface area contributed by atoms with Crippen molar-refractivity contribution in [3.8, 4) is 5.75 Å². The van der Waals surface area contributed by atoms with Gasteiger partial charge in [-0.1, -0.05) is 30.3 Å². The zero-order valence-electron chi connectivity index (χ0n) is 11.9. The van der Waals surface area contributed by atoms with Crippen molar-refractivity contribution >= 4 is 16.9 Å². The molecule has 21 heavy (non-hydrogen) atoms. The molecule has 110 valence electrons. The Labute approximate surface area is 123 Å². The SMILES string of the molecule is CNCc1c(OCC2CNC(=O)O2)ccc2ccccc12. The van der Waals surface area contributed by atoms with Crippen LogP contribution in [0.3, 0.4) is 0 Å². The maximum absolute atomic E-state index is 11.0. The van der Waals surface area contributed by atoms with Crippen LogP contribution in [-0.2, 0) is 11.3 Å². The second-order valence-electron chi connectivity index (χ2n) is 5.01. The van der Waals surface area contributed by atoms with E-state index in [0.29, 0.717) is 13.2 Å². The third kappa shape index (κ3) is 2.92. The molecule has 5 heteroatoms. The second-order valence-corrected chi connectivity index (χ2v) is 5.01. The molecule has 0 saturated carbocycles. The Balaban J connectivity index is 1.83. The first-order chi connectivity index (χ1) is 10.3. The first kappa shape index (κ1) is 13.7. The topological polar surface area (TPSA) is 59.6 Å². The van der Waals surface area contributed by atoms with E-state index in [1.165, 1.54) is 10.8 Å². The highest BCUT2D eigenvalue weighted by atomic mass is 16.6. The Morgan fingerprint density at radius 2 is 2.19 bits per heavy atom. The van der Waals surface area contributed by atoms with E-state index in [-0.39, 0.29) is 12.2 Å². The fourth-order valence-corrected chi connectivity index (χ4v) is 2.52. The van der Waals surface area contributed by atoms with Crippen LogP contribution in [0.15, 0.2) is 36.4 Å². The van der Waals surface area contributed by atoms with E-state index < -0.39 is 0 Å². The third-order valence-corrected chi connectivity index (χ3v) is 3.52. The van der Waals surface area contributed by atoms with Gasteiger partial charge in [0.1, 0.15) is 12.4 Å². The molecule has 1 aliphatic heterocycles. The fraction of sp³-hybridized carbons (Fsp3) is 0.312. The summed E-state index contributed by atoms with van der Waals surface area (Å²) in [6.45, 7) is 1.57. The molecule has 1 aliphatic rings. The van der Waals surface area contributed by atoms with Gasteiger partial charge in [-0.05, 0) is 23.9 Å². The molecular weight excluding hydrogens is 268 g/mol. The van der Waals surface area contributed by atoms with Crippen molar-refractivity contribution in [1.29, 1.82) is 0 Å². The van der Waals surface area contributed by atoms with Gasteiger partial charge in [0, 0.05) is 12.1 Å². The summed E-state index contributed by atoms with van der Waals surface area (Å²) in [6, 6.07) is 12.2. The van der Waals surface area contributed by atoms with Gasteiger partial charge in [0.25, 0.3) is 0 Å². The molecule has 2 aromatic rings. The number of carbonyl (C=O) groups excluding carboxylic acids is 1. The molecule has 0 bridgehead atoms. The second kappa shape index (κ2) is 6.01. The number of fused-ring (bicyclic) bond motifs is 1.